The Bertz CT molecular complexity index is 169. The second-order valence-electron chi connectivity index (χ2n) is 1.62. The van der Waals surface area contributed by atoms with Crippen molar-refractivity contribution < 1.29 is 0 Å². The fourth-order valence-electron chi connectivity index (χ4n) is 0.568. The third kappa shape index (κ3) is 1.36. The Morgan fingerprint density at radius 3 is 2.62 bits per heavy atom. The molecule has 0 bridgehead atoms. The summed E-state index contributed by atoms with van der Waals surface area (Å²) in [5.74, 6) is 0. The molecule has 0 aliphatic heterocycles. The molecule has 1 aromatic heterocycles. The molecular weight excluding hydrogens is 177 g/mol. The van der Waals surface area contributed by atoms with Crippen LogP contribution in [0.3, 0.4) is 0 Å². The molecule has 0 nitrogen and oxygen atoms in total. The van der Waals surface area contributed by atoms with Gasteiger partial charge in [-0.25, -0.2) is 0 Å². The van der Waals surface area contributed by atoms with E-state index in [-0.39, 0.29) is 0 Å². The van der Waals surface area contributed by atoms with Crippen molar-refractivity contribution in [1.82, 2.24) is 0 Å². The van der Waals surface area contributed by atoms with Crippen LogP contribution in [-0.2, 0) is 6.42 Å². The minimum atomic E-state index is 1.18. The van der Waals surface area contributed by atoms with E-state index in [4.69, 9.17) is 0 Å². The Morgan fingerprint density at radius 2 is 2.38 bits per heavy atom. The maximum atomic E-state index is 2.19. The van der Waals surface area contributed by atoms with Gasteiger partial charge in [-0.3, -0.25) is 0 Å². The van der Waals surface area contributed by atoms with E-state index in [9.17, 15) is 0 Å². The van der Waals surface area contributed by atoms with Crippen LogP contribution in [0.4, 0.5) is 0 Å². The first kappa shape index (κ1) is 6.36. The van der Waals surface area contributed by atoms with E-state index in [0.717, 1.165) is 0 Å². The van der Waals surface area contributed by atoms with Gasteiger partial charge in [-0.1, -0.05) is 0 Å². The first-order valence-electron chi connectivity index (χ1n) is 2.63. The second kappa shape index (κ2) is 2.69. The Morgan fingerprint density at radius 1 is 1.62 bits per heavy atom. The van der Waals surface area contributed by atoms with Gasteiger partial charge in [0.25, 0.3) is 0 Å². The number of rotatable bonds is 1. The average Bonchev–Trinajstić information content (AvgIpc) is 2.14. The topological polar surface area (TPSA) is 0 Å². The number of hydrogen-bond donors (Lipinski definition) is 0. The zero-order valence-electron chi connectivity index (χ0n) is 4.77. The Kier molecular flexibility index (Phi) is 2.14. The molecule has 8 heavy (non-hydrogen) atoms. The van der Waals surface area contributed by atoms with Crippen molar-refractivity contribution in [2.45, 2.75) is 13.3 Å². The summed E-state index contributed by atoms with van der Waals surface area (Å²) in [7, 11) is 0. The number of thiophene rings is 1. The van der Waals surface area contributed by atoms with Crippen molar-refractivity contribution in [1.29, 1.82) is 0 Å². The summed E-state index contributed by atoms with van der Waals surface area (Å²) in [6.07, 6.45) is 1.18. The van der Waals surface area contributed by atoms with Gasteiger partial charge in [0.15, 0.2) is 0 Å². The Hall–Kier alpha value is 0.243. The van der Waals surface area contributed by atoms with Gasteiger partial charge in [-0.05, 0) is 0 Å². The first-order chi connectivity index (χ1) is 3.83. The van der Waals surface area contributed by atoms with Crippen LogP contribution in [0.5, 0.6) is 0 Å². The molecule has 0 aliphatic rings. The van der Waals surface area contributed by atoms with Crippen molar-refractivity contribution >= 4 is 31.6 Å². The van der Waals surface area contributed by atoms with E-state index in [0.29, 0.717) is 0 Å². The molecule has 3 radical (unpaired) electrons. The van der Waals surface area contributed by atoms with Crippen LogP contribution in [-0.4, -0.2) is 16.5 Å². The van der Waals surface area contributed by atoms with Crippen molar-refractivity contribution in [3.8, 4) is 0 Å². The SMILES string of the molecule is CCc1cc[c]([Ge])s1. The van der Waals surface area contributed by atoms with Crippen LogP contribution in [0, 0.1) is 0 Å². The van der Waals surface area contributed by atoms with E-state index >= 15 is 0 Å². The summed E-state index contributed by atoms with van der Waals surface area (Å²) < 4.78 is 1.42. The number of hydrogen-bond acceptors (Lipinski definition) is 1. The fourth-order valence-corrected chi connectivity index (χ4v) is 2.27. The molecule has 1 rings (SSSR count). The average molecular weight is 184 g/mol. The van der Waals surface area contributed by atoms with E-state index in [1.807, 2.05) is 11.3 Å². The normalized spacial score (nSPS) is 9.75. The fraction of sp³-hybridized carbons (Fsp3) is 0.333. The summed E-state index contributed by atoms with van der Waals surface area (Å²) in [5, 5.41) is 0. The summed E-state index contributed by atoms with van der Waals surface area (Å²) in [6, 6.07) is 4.36. The standard InChI is InChI=1S/C6H7GeS/c1-2-5-3-4-6(7)8-5/h3-4H,2H2,1H3. The van der Waals surface area contributed by atoms with Crippen LogP contribution in [0.15, 0.2) is 12.1 Å². The molecular formula is C6H7GeS. The molecule has 0 fully saturated rings. The van der Waals surface area contributed by atoms with Gasteiger partial charge in [-0.2, -0.15) is 0 Å². The van der Waals surface area contributed by atoms with Crippen LogP contribution < -0.4 is 3.71 Å². The Labute approximate surface area is 62.1 Å². The van der Waals surface area contributed by atoms with Gasteiger partial charge >= 0.3 is 61.9 Å². The molecule has 0 saturated heterocycles. The molecule has 1 heterocycles. The van der Waals surface area contributed by atoms with E-state index in [1.165, 1.54) is 15.0 Å². The van der Waals surface area contributed by atoms with Crippen molar-refractivity contribution in [3.63, 3.8) is 0 Å². The van der Waals surface area contributed by atoms with Crippen molar-refractivity contribution in [2.24, 2.45) is 0 Å². The third-order valence-electron chi connectivity index (χ3n) is 1.01. The zero-order valence-corrected chi connectivity index (χ0v) is 7.68. The van der Waals surface area contributed by atoms with Crippen molar-refractivity contribution in [2.75, 3.05) is 0 Å². The predicted octanol–water partition coefficient (Wildman–Crippen LogP) is 1.10. The molecule has 2 heteroatoms. The predicted molar refractivity (Wildman–Crippen MR) is 39.1 cm³/mol. The van der Waals surface area contributed by atoms with Gasteiger partial charge in [0.2, 0.25) is 0 Å². The molecule has 1 aromatic rings. The minimum absolute atomic E-state index is 1.18. The monoisotopic (exact) mass is 185 g/mol. The molecule has 0 atom stereocenters. The van der Waals surface area contributed by atoms with Gasteiger partial charge in [0, 0.05) is 0 Å². The molecule has 41 valence electrons. The molecule has 0 N–H and O–H groups in total. The molecule has 0 aromatic carbocycles. The van der Waals surface area contributed by atoms with E-state index < -0.39 is 0 Å². The van der Waals surface area contributed by atoms with Crippen LogP contribution in [0.1, 0.15) is 11.8 Å². The number of aryl methyl sites for hydroxylation is 1. The van der Waals surface area contributed by atoms with Gasteiger partial charge in [0.05, 0.1) is 0 Å². The summed E-state index contributed by atoms with van der Waals surface area (Å²) in [5.41, 5.74) is 0. The van der Waals surface area contributed by atoms with E-state index in [2.05, 4.69) is 35.6 Å². The maximum absolute atomic E-state index is 2.19. The van der Waals surface area contributed by atoms with Crippen LogP contribution in [0.2, 0.25) is 0 Å². The van der Waals surface area contributed by atoms with Gasteiger partial charge < -0.3 is 0 Å². The zero-order chi connectivity index (χ0) is 5.98. The molecule has 0 aliphatic carbocycles. The molecule has 0 spiro atoms. The Balaban J connectivity index is 2.84. The third-order valence-corrected chi connectivity index (χ3v) is 3.05. The van der Waals surface area contributed by atoms with Crippen LogP contribution in [0.25, 0.3) is 0 Å². The van der Waals surface area contributed by atoms with Crippen molar-refractivity contribution in [3.05, 3.63) is 17.0 Å². The summed E-state index contributed by atoms with van der Waals surface area (Å²) in [6.45, 7) is 2.19. The second-order valence-corrected chi connectivity index (χ2v) is 4.68. The first-order valence-corrected chi connectivity index (χ1v) is 4.50. The quantitative estimate of drug-likeness (QED) is 0.573. The summed E-state index contributed by atoms with van der Waals surface area (Å²) in [4.78, 5) is 1.49. The molecule has 0 unspecified atom stereocenters. The molecule has 0 amide bonds. The van der Waals surface area contributed by atoms with Crippen LogP contribution >= 0.6 is 11.3 Å². The van der Waals surface area contributed by atoms with Gasteiger partial charge in [-0.15, -0.1) is 0 Å². The van der Waals surface area contributed by atoms with Gasteiger partial charge in [0.1, 0.15) is 0 Å². The molecule has 0 saturated carbocycles. The van der Waals surface area contributed by atoms with E-state index in [1.54, 1.807) is 0 Å². The summed E-state index contributed by atoms with van der Waals surface area (Å²) >= 11 is 4.03.